The minimum Gasteiger partial charge on any atom is -0.494 e. The van der Waals surface area contributed by atoms with Crippen molar-refractivity contribution in [2.75, 3.05) is 7.11 Å². The van der Waals surface area contributed by atoms with Gasteiger partial charge in [-0.3, -0.25) is 4.79 Å². The molecular formula is C18H20FNO4. The minimum atomic E-state index is -0.478. The third kappa shape index (κ3) is 3.14. The molecule has 1 aromatic heterocycles. The molecule has 2 N–H and O–H groups in total. The molecule has 0 unspecified atom stereocenters. The van der Waals surface area contributed by atoms with E-state index in [-0.39, 0.29) is 29.7 Å². The van der Waals surface area contributed by atoms with Crippen molar-refractivity contribution in [3.8, 4) is 5.75 Å². The van der Waals surface area contributed by atoms with Gasteiger partial charge in [0.2, 0.25) is 0 Å². The maximum absolute atomic E-state index is 14.0. The van der Waals surface area contributed by atoms with E-state index in [1.807, 2.05) is 0 Å². The summed E-state index contributed by atoms with van der Waals surface area (Å²) in [5.41, 5.74) is 1.11. The van der Waals surface area contributed by atoms with Crippen LogP contribution in [0.1, 0.15) is 40.6 Å². The van der Waals surface area contributed by atoms with E-state index < -0.39 is 5.82 Å². The maximum atomic E-state index is 14.0. The molecule has 3 rings (SSSR count). The van der Waals surface area contributed by atoms with Crippen molar-refractivity contribution < 1.29 is 23.4 Å². The number of hydrogen-bond donors (Lipinski definition) is 2. The lowest BCUT2D eigenvalue weighted by Gasteiger charge is -2.38. The highest BCUT2D eigenvalue weighted by molar-refractivity contribution is 5.95. The average molecular weight is 333 g/mol. The van der Waals surface area contributed by atoms with E-state index in [0.717, 1.165) is 0 Å². The number of aliphatic hydroxyl groups excluding tert-OH is 1. The molecule has 1 fully saturated rings. The van der Waals surface area contributed by atoms with Crippen molar-refractivity contribution in [2.45, 2.75) is 31.9 Å². The second-order valence-electron chi connectivity index (χ2n) is 6.12. The Morgan fingerprint density at radius 1 is 1.42 bits per heavy atom. The molecule has 0 radical (unpaired) electrons. The molecule has 1 atom stereocenters. The van der Waals surface area contributed by atoms with Gasteiger partial charge in [-0.15, -0.1) is 0 Å². The van der Waals surface area contributed by atoms with Crippen LogP contribution < -0.4 is 10.1 Å². The molecule has 0 aliphatic heterocycles. The number of aliphatic hydroxyl groups is 1. The van der Waals surface area contributed by atoms with Crippen LogP contribution in [0.2, 0.25) is 0 Å². The van der Waals surface area contributed by atoms with E-state index >= 15 is 0 Å². The molecule has 1 saturated carbocycles. The van der Waals surface area contributed by atoms with Gasteiger partial charge in [-0.2, -0.15) is 0 Å². The monoisotopic (exact) mass is 333 g/mol. The number of nitrogens with one attached hydrogen (secondary N) is 1. The Kier molecular flexibility index (Phi) is 4.57. The lowest BCUT2D eigenvalue weighted by atomic mass is 9.75. The van der Waals surface area contributed by atoms with Gasteiger partial charge < -0.3 is 19.6 Å². The molecule has 128 valence electrons. The number of rotatable bonds is 5. The first-order chi connectivity index (χ1) is 11.5. The number of halogens is 1. The summed E-state index contributed by atoms with van der Waals surface area (Å²) in [6.07, 6.45) is 2.24. The van der Waals surface area contributed by atoms with Gasteiger partial charge in [-0.25, -0.2) is 4.39 Å². The van der Waals surface area contributed by atoms with Crippen LogP contribution in [0.15, 0.2) is 34.9 Å². The summed E-state index contributed by atoms with van der Waals surface area (Å²) < 4.78 is 24.1. The van der Waals surface area contributed by atoms with E-state index in [4.69, 9.17) is 9.15 Å². The van der Waals surface area contributed by atoms with Crippen molar-refractivity contribution in [3.05, 3.63) is 53.2 Å². The molecule has 6 heteroatoms. The number of furan rings is 1. The lowest BCUT2D eigenvalue weighted by molar-refractivity contribution is 0.0234. The van der Waals surface area contributed by atoms with Gasteiger partial charge in [0.25, 0.3) is 5.91 Å². The predicted molar refractivity (Wildman–Crippen MR) is 85.3 cm³/mol. The van der Waals surface area contributed by atoms with Gasteiger partial charge in [0.15, 0.2) is 11.6 Å². The smallest absolute Gasteiger partial charge is 0.255 e. The molecular weight excluding hydrogens is 313 g/mol. The molecule has 5 nitrogen and oxygen atoms in total. The number of hydrogen-bond acceptors (Lipinski definition) is 4. The van der Waals surface area contributed by atoms with Crippen LogP contribution in [-0.2, 0) is 0 Å². The number of ether oxygens (including phenoxy) is 1. The van der Waals surface area contributed by atoms with Crippen molar-refractivity contribution >= 4 is 5.91 Å². The van der Waals surface area contributed by atoms with Gasteiger partial charge in [0.1, 0.15) is 5.76 Å². The zero-order valence-electron chi connectivity index (χ0n) is 13.6. The highest BCUT2D eigenvalue weighted by Gasteiger charge is 2.36. The Morgan fingerprint density at radius 2 is 2.17 bits per heavy atom. The van der Waals surface area contributed by atoms with Crippen LogP contribution in [0.25, 0.3) is 0 Å². The number of carbonyl (C=O) groups excluding carboxylic acids is 1. The minimum absolute atomic E-state index is 0.0592. The van der Waals surface area contributed by atoms with Crippen LogP contribution in [0.3, 0.4) is 0 Å². The van der Waals surface area contributed by atoms with Gasteiger partial charge in [-0.1, -0.05) is 6.07 Å². The van der Waals surface area contributed by atoms with E-state index in [1.54, 1.807) is 25.1 Å². The molecule has 1 aliphatic carbocycles. The van der Waals surface area contributed by atoms with E-state index in [1.165, 1.54) is 19.4 Å². The second kappa shape index (κ2) is 6.65. The van der Waals surface area contributed by atoms with Gasteiger partial charge in [0.05, 0.1) is 31.1 Å². The van der Waals surface area contributed by atoms with Crippen molar-refractivity contribution in [1.82, 2.24) is 5.32 Å². The average Bonchev–Trinajstić information content (AvgIpc) is 2.96. The third-order valence-electron chi connectivity index (χ3n) is 4.55. The quantitative estimate of drug-likeness (QED) is 0.882. The number of methoxy groups -OCH3 is 1. The van der Waals surface area contributed by atoms with Crippen LogP contribution in [-0.4, -0.2) is 24.2 Å². The summed E-state index contributed by atoms with van der Waals surface area (Å²) in [7, 11) is 1.40. The Bertz CT molecular complexity index is 736. The molecule has 0 saturated heterocycles. The standard InChI is InChI=1S/C18H20FNO4/c1-10-14(5-6-24-10)18(22)20-17(12-7-13(21)8-12)11-3-4-16(23-2)15(19)9-11/h3-6,9,12-13,17,21H,7-8H2,1-2H3,(H,20,22)/t12?,13?,17-/m0/s1. The Balaban J connectivity index is 1.85. The SMILES string of the molecule is COc1ccc([C@H](NC(=O)c2ccoc2C)C2CC(O)C2)cc1F. The summed E-state index contributed by atoms with van der Waals surface area (Å²) in [6.45, 7) is 1.71. The topological polar surface area (TPSA) is 71.7 Å². The fraction of sp³-hybridized carbons (Fsp3) is 0.389. The summed E-state index contributed by atoms with van der Waals surface area (Å²) in [5, 5.41) is 12.5. The summed E-state index contributed by atoms with van der Waals surface area (Å²) in [5.74, 6) is -0.00890. The Labute approximate surface area is 139 Å². The molecule has 1 aliphatic rings. The van der Waals surface area contributed by atoms with Crippen LogP contribution in [0.4, 0.5) is 4.39 Å². The van der Waals surface area contributed by atoms with Crippen LogP contribution >= 0.6 is 0 Å². The molecule has 2 aromatic rings. The fourth-order valence-corrected chi connectivity index (χ4v) is 3.09. The third-order valence-corrected chi connectivity index (χ3v) is 4.55. The first-order valence-corrected chi connectivity index (χ1v) is 7.86. The van der Waals surface area contributed by atoms with Crippen LogP contribution in [0.5, 0.6) is 5.75 Å². The fourth-order valence-electron chi connectivity index (χ4n) is 3.09. The lowest BCUT2D eigenvalue weighted by Crippen LogP contribution is -2.41. The van der Waals surface area contributed by atoms with E-state index in [2.05, 4.69) is 5.32 Å². The highest BCUT2D eigenvalue weighted by Crippen LogP contribution is 2.39. The number of carbonyl (C=O) groups is 1. The first kappa shape index (κ1) is 16.5. The van der Waals surface area contributed by atoms with Crippen molar-refractivity contribution in [1.29, 1.82) is 0 Å². The Morgan fingerprint density at radius 3 is 2.71 bits per heavy atom. The molecule has 0 bridgehead atoms. The molecule has 0 spiro atoms. The predicted octanol–water partition coefficient (Wildman–Crippen LogP) is 2.98. The molecule has 24 heavy (non-hydrogen) atoms. The largest absolute Gasteiger partial charge is 0.494 e. The highest BCUT2D eigenvalue weighted by atomic mass is 19.1. The van der Waals surface area contributed by atoms with Crippen molar-refractivity contribution in [2.24, 2.45) is 5.92 Å². The maximum Gasteiger partial charge on any atom is 0.255 e. The number of amides is 1. The first-order valence-electron chi connectivity index (χ1n) is 7.86. The normalized spacial score (nSPS) is 21.0. The van der Waals surface area contributed by atoms with Gasteiger partial charge >= 0.3 is 0 Å². The summed E-state index contributed by atoms with van der Waals surface area (Å²) in [6, 6.07) is 5.88. The molecule has 1 aromatic carbocycles. The van der Waals surface area contributed by atoms with E-state index in [9.17, 15) is 14.3 Å². The zero-order valence-corrected chi connectivity index (χ0v) is 13.6. The summed E-state index contributed by atoms with van der Waals surface area (Å²) in [4.78, 5) is 12.5. The number of aryl methyl sites for hydroxylation is 1. The number of benzene rings is 1. The van der Waals surface area contributed by atoms with Gasteiger partial charge in [0, 0.05) is 0 Å². The van der Waals surface area contributed by atoms with E-state index in [0.29, 0.717) is 29.7 Å². The molecule has 1 heterocycles. The molecule has 1 amide bonds. The zero-order chi connectivity index (χ0) is 17.3. The van der Waals surface area contributed by atoms with Gasteiger partial charge in [-0.05, 0) is 49.4 Å². The Hall–Kier alpha value is -2.34. The van der Waals surface area contributed by atoms with Crippen LogP contribution in [0, 0.1) is 18.7 Å². The van der Waals surface area contributed by atoms with Crippen molar-refractivity contribution in [3.63, 3.8) is 0 Å². The second-order valence-corrected chi connectivity index (χ2v) is 6.12. The summed E-state index contributed by atoms with van der Waals surface area (Å²) >= 11 is 0.